The van der Waals surface area contributed by atoms with Crippen molar-refractivity contribution in [2.24, 2.45) is 0 Å². The van der Waals surface area contributed by atoms with Crippen molar-refractivity contribution in [3.05, 3.63) is 59.9 Å². The molecule has 6 heteroatoms. The van der Waals surface area contributed by atoms with Crippen molar-refractivity contribution in [2.45, 2.75) is 26.1 Å². The molecule has 1 aliphatic heterocycles. The Bertz CT molecular complexity index is 1030. The lowest BCUT2D eigenvalue weighted by molar-refractivity contribution is -0.00824. The summed E-state index contributed by atoms with van der Waals surface area (Å²) in [6.07, 6.45) is 3.67. The number of nitrogens with one attached hydrogen (secondary N) is 1. The van der Waals surface area contributed by atoms with Crippen LogP contribution in [0.25, 0.3) is 10.9 Å². The van der Waals surface area contributed by atoms with E-state index in [9.17, 15) is 5.26 Å². The minimum absolute atomic E-state index is 0.0347. The Balaban J connectivity index is 1.57. The summed E-state index contributed by atoms with van der Waals surface area (Å²) in [6, 6.07) is 14.0. The van der Waals surface area contributed by atoms with Gasteiger partial charge in [0.05, 0.1) is 23.3 Å². The average Bonchev–Trinajstić information content (AvgIpc) is 2.72. The third kappa shape index (κ3) is 3.62. The van der Waals surface area contributed by atoms with Gasteiger partial charge in [-0.3, -0.25) is 4.98 Å². The van der Waals surface area contributed by atoms with E-state index in [1.165, 1.54) is 0 Å². The number of benzene rings is 1. The number of hydrogen-bond donors (Lipinski definition) is 1. The molecule has 6 nitrogen and oxygen atoms in total. The summed E-state index contributed by atoms with van der Waals surface area (Å²) in [6.45, 7) is 6.39. The first-order valence-electron chi connectivity index (χ1n) is 9.49. The summed E-state index contributed by atoms with van der Waals surface area (Å²) in [5, 5.41) is 13.8. The molecule has 0 aliphatic carbocycles. The highest BCUT2D eigenvalue weighted by molar-refractivity contribution is 5.95. The second-order valence-corrected chi connectivity index (χ2v) is 7.17. The SMILES string of the molecule is Cc1cccnc1NC[C@@H]1CN(c2ccc(C#N)c3ncccc23)C[C@@H](C)O1. The first-order valence-corrected chi connectivity index (χ1v) is 9.49. The first kappa shape index (κ1) is 18.2. The molecule has 0 unspecified atom stereocenters. The molecule has 1 aliphatic rings. The van der Waals surface area contributed by atoms with E-state index in [0.717, 1.165) is 41.1 Å². The molecule has 3 heterocycles. The van der Waals surface area contributed by atoms with Crippen molar-refractivity contribution in [1.82, 2.24) is 9.97 Å². The molecule has 28 heavy (non-hydrogen) atoms. The maximum absolute atomic E-state index is 9.38. The Morgan fingerprint density at radius 2 is 2.00 bits per heavy atom. The Labute approximate surface area is 164 Å². The van der Waals surface area contributed by atoms with Crippen molar-refractivity contribution in [3.8, 4) is 6.07 Å². The van der Waals surface area contributed by atoms with Gasteiger partial charge in [0.1, 0.15) is 11.9 Å². The Hall–Kier alpha value is -3.17. The van der Waals surface area contributed by atoms with Gasteiger partial charge in [-0.2, -0.15) is 5.26 Å². The number of nitrogens with zero attached hydrogens (tertiary/aromatic N) is 4. The fraction of sp³-hybridized carbons (Fsp3) is 0.318. The highest BCUT2D eigenvalue weighted by Crippen LogP contribution is 2.30. The van der Waals surface area contributed by atoms with E-state index in [-0.39, 0.29) is 12.2 Å². The van der Waals surface area contributed by atoms with E-state index in [1.54, 1.807) is 12.4 Å². The zero-order valence-corrected chi connectivity index (χ0v) is 16.1. The molecule has 0 saturated carbocycles. The molecule has 0 spiro atoms. The zero-order chi connectivity index (χ0) is 19.5. The van der Waals surface area contributed by atoms with Gasteiger partial charge in [-0.1, -0.05) is 6.07 Å². The maximum Gasteiger partial charge on any atom is 0.128 e. The highest BCUT2D eigenvalue weighted by atomic mass is 16.5. The smallest absolute Gasteiger partial charge is 0.128 e. The lowest BCUT2D eigenvalue weighted by atomic mass is 10.1. The normalized spacial score (nSPS) is 19.4. The number of ether oxygens (including phenoxy) is 1. The number of anilines is 2. The number of rotatable bonds is 4. The van der Waals surface area contributed by atoms with E-state index in [4.69, 9.17) is 4.74 Å². The number of hydrogen-bond acceptors (Lipinski definition) is 6. The number of pyridine rings is 2. The molecule has 142 valence electrons. The standard InChI is InChI=1S/C22H23N5O/c1-15-5-3-10-25-22(15)26-12-18-14-27(13-16(2)28-18)20-8-7-17(11-23)21-19(20)6-4-9-24-21/h3-10,16,18H,12-14H2,1-2H3,(H,25,26)/t16-,18-/m1/s1. The second-order valence-electron chi connectivity index (χ2n) is 7.17. The lowest BCUT2D eigenvalue weighted by Crippen LogP contribution is -2.49. The predicted octanol–water partition coefficient (Wildman–Crippen LogP) is 3.52. The Kier molecular flexibility index (Phi) is 5.09. The molecule has 1 N–H and O–H groups in total. The maximum atomic E-state index is 9.38. The molecule has 0 bridgehead atoms. The van der Waals surface area contributed by atoms with Crippen molar-refractivity contribution in [3.63, 3.8) is 0 Å². The molecule has 0 radical (unpaired) electrons. The van der Waals surface area contributed by atoms with Crippen LogP contribution in [0.2, 0.25) is 0 Å². The highest BCUT2D eigenvalue weighted by Gasteiger charge is 2.27. The average molecular weight is 373 g/mol. The molecule has 2 atom stereocenters. The first-order chi connectivity index (χ1) is 13.7. The summed E-state index contributed by atoms with van der Waals surface area (Å²) < 4.78 is 6.16. The fourth-order valence-corrected chi connectivity index (χ4v) is 3.76. The van der Waals surface area contributed by atoms with Gasteiger partial charge < -0.3 is 15.0 Å². The number of fused-ring (bicyclic) bond motifs is 1. The molecular weight excluding hydrogens is 350 g/mol. The molecule has 0 amide bonds. The second kappa shape index (κ2) is 7.83. The summed E-state index contributed by atoms with van der Waals surface area (Å²) in [4.78, 5) is 11.2. The van der Waals surface area contributed by atoms with Crippen LogP contribution in [0.5, 0.6) is 0 Å². The van der Waals surface area contributed by atoms with Gasteiger partial charge in [-0.25, -0.2) is 4.98 Å². The third-order valence-electron chi connectivity index (χ3n) is 5.04. The van der Waals surface area contributed by atoms with E-state index < -0.39 is 0 Å². The topological polar surface area (TPSA) is 74.1 Å². The van der Waals surface area contributed by atoms with Gasteiger partial charge in [0.25, 0.3) is 0 Å². The van der Waals surface area contributed by atoms with Crippen LogP contribution < -0.4 is 10.2 Å². The Morgan fingerprint density at radius 1 is 1.18 bits per heavy atom. The van der Waals surface area contributed by atoms with Crippen LogP contribution in [-0.2, 0) is 4.74 Å². The predicted molar refractivity (Wildman–Crippen MR) is 110 cm³/mol. The number of aromatic nitrogens is 2. The summed E-state index contributed by atoms with van der Waals surface area (Å²) in [5.74, 6) is 0.892. The number of aryl methyl sites for hydroxylation is 1. The molecule has 1 aromatic carbocycles. The van der Waals surface area contributed by atoms with E-state index in [2.05, 4.69) is 33.2 Å². The van der Waals surface area contributed by atoms with Crippen LogP contribution in [0, 0.1) is 18.3 Å². The monoisotopic (exact) mass is 373 g/mol. The third-order valence-corrected chi connectivity index (χ3v) is 5.04. The van der Waals surface area contributed by atoms with Crippen LogP contribution in [0.4, 0.5) is 11.5 Å². The van der Waals surface area contributed by atoms with Gasteiger partial charge in [0, 0.05) is 43.1 Å². The van der Waals surface area contributed by atoms with Gasteiger partial charge >= 0.3 is 0 Å². The van der Waals surface area contributed by atoms with Crippen molar-refractivity contribution in [2.75, 3.05) is 29.9 Å². The van der Waals surface area contributed by atoms with Crippen molar-refractivity contribution < 1.29 is 4.74 Å². The zero-order valence-electron chi connectivity index (χ0n) is 16.1. The number of morpholine rings is 1. The summed E-state index contributed by atoms with van der Waals surface area (Å²) in [5.41, 5.74) is 3.56. The fourth-order valence-electron chi connectivity index (χ4n) is 3.76. The van der Waals surface area contributed by atoms with Crippen molar-refractivity contribution in [1.29, 1.82) is 5.26 Å². The Morgan fingerprint density at radius 3 is 2.82 bits per heavy atom. The minimum Gasteiger partial charge on any atom is -0.370 e. The molecule has 1 saturated heterocycles. The van der Waals surface area contributed by atoms with Crippen LogP contribution in [-0.4, -0.2) is 41.8 Å². The molecular formula is C22H23N5O. The van der Waals surface area contributed by atoms with Crippen LogP contribution in [0.15, 0.2) is 48.8 Å². The quantitative estimate of drug-likeness (QED) is 0.754. The van der Waals surface area contributed by atoms with E-state index in [1.807, 2.05) is 43.3 Å². The molecule has 3 aromatic rings. The van der Waals surface area contributed by atoms with Gasteiger partial charge in [0.2, 0.25) is 0 Å². The lowest BCUT2D eigenvalue weighted by Gasteiger charge is -2.39. The molecule has 1 fully saturated rings. The van der Waals surface area contributed by atoms with Crippen molar-refractivity contribution >= 4 is 22.4 Å². The summed E-state index contributed by atoms with van der Waals surface area (Å²) in [7, 11) is 0. The van der Waals surface area contributed by atoms with Gasteiger partial charge in [0.15, 0.2) is 0 Å². The number of nitriles is 1. The van der Waals surface area contributed by atoms with Crippen LogP contribution >= 0.6 is 0 Å². The minimum atomic E-state index is 0.0347. The van der Waals surface area contributed by atoms with Crippen LogP contribution in [0.3, 0.4) is 0 Å². The van der Waals surface area contributed by atoms with E-state index in [0.29, 0.717) is 12.1 Å². The summed E-state index contributed by atoms with van der Waals surface area (Å²) >= 11 is 0. The molecule has 2 aromatic heterocycles. The van der Waals surface area contributed by atoms with E-state index >= 15 is 0 Å². The van der Waals surface area contributed by atoms with Gasteiger partial charge in [-0.15, -0.1) is 0 Å². The largest absolute Gasteiger partial charge is 0.370 e. The molecule has 4 rings (SSSR count). The van der Waals surface area contributed by atoms with Crippen LogP contribution in [0.1, 0.15) is 18.1 Å². The van der Waals surface area contributed by atoms with Gasteiger partial charge in [-0.05, 0) is 49.7 Å².